The Morgan fingerprint density at radius 2 is 1.25 bits per heavy atom. The van der Waals surface area contributed by atoms with E-state index in [1.165, 1.54) is 0 Å². The Morgan fingerprint density at radius 1 is 1.00 bits per heavy atom. The lowest BCUT2D eigenvalue weighted by Gasteiger charge is -1.98. The number of carbonyl (C=O) groups is 2. The smallest absolute Gasteiger partial charge is 0.450 e. The van der Waals surface area contributed by atoms with Gasteiger partial charge in [-0.1, -0.05) is 0 Å². The summed E-state index contributed by atoms with van der Waals surface area (Å²) < 4.78 is 7.84. The van der Waals surface area contributed by atoms with Crippen molar-refractivity contribution in [3.63, 3.8) is 0 Å². The van der Waals surface area contributed by atoms with E-state index < -0.39 is 12.3 Å². The maximum absolute atomic E-state index is 9.62. The van der Waals surface area contributed by atoms with E-state index in [0.29, 0.717) is 0 Å². The molecule has 0 aliphatic heterocycles. The summed E-state index contributed by atoms with van der Waals surface area (Å²) in [5.41, 5.74) is 0. The van der Waals surface area contributed by atoms with Crippen LogP contribution in [0.1, 0.15) is 0 Å². The van der Waals surface area contributed by atoms with Crippen molar-refractivity contribution in [2.75, 3.05) is 13.2 Å². The number of carboxylic acid groups (broad SMARTS) is 2. The molecular formula is C6H10O6. The fourth-order valence-electron chi connectivity index (χ4n) is 0.258. The highest BCUT2D eigenvalue weighted by Crippen LogP contribution is 1.79. The van der Waals surface area contributed by atoms with E-state index >= 15 is 0 Å². The van der Waals surface area contributed by atoms with Gasteiger partial charge in [-0.05, 0) is 0 Å². The Bertz CT molecular complexity index is 127. The van der Waals surface area contributed by atoms with Gasteiger partial charge in [-0.3, -0.25) is 0 Å². The van der Waals surface area contributed by atoms with Crippen molar-refractivity contribution < 1.29 is 29.3 Å². The van der Waals surface area contributed by atoms with Gasteiger partial charge in [-0.15, -0.1) is 13.2 Å². The largest absolute Gasteiger partial charge is 0.505 e. The lowest BCUT2D eigenvalue weighted by atomic mass is 10.8. The molecule has 0 rings (SSSR count). The normalized spacial score (nSPS) is 7.33. The first-order valence-electron chi connectivity index (χ1n) is 2.84. The van der Waals surface area contributed by atoms with Crippen LogP contribution in [-0.4, -0.2) is 35.7 Å². The van der Waals surface area contributed by atoms with Crippen LogP contribution >= 0.6 is 0 Å². The van der Waals surface area contributed by atoms with Crippen molar-refractivity contribution in [2.24, 2.45) is 0 Å². The minimum Gasteiger partial charge on any atom is -0.450 e. The van der Waals surface area contributed by atoms with E-state index in [0.717, 1.165) is 0 Å². The van der Waals surface area contributed by atoms with Gasteiger partial charge in [0.2, 0.25) is 0 Å². The summed E-state index contributed by atoms with van der Waals surface area (Å²) in [4.78, 5) is 19.2. The monoisotopic (exact) mass is 178 g/mol. The molecule has 12 heavy (non-hydrogen) atoms. The average Bonchev–Trinajstić information content (AvgIpc) is 2.02. The molecule has 6 heteroatoms. The molecule has 0 aromatic carbocycles. The summed E-state index contributed by atoms with van der Waals surface area (Å²) in [6, 6.07) is 0. The van der Waals surface area contributed by atoms with E-state index in [1.807, 2.05) is 0 Å². The van der Waals surface area contributed by atoms with Crippen molar-refractivity contribution in [1.82, 2.24) is 0 Å². The predicted molar refractivity (Wildman–Crippen MR) is 39.2 cm³/mol. The molecule has 0 unspecified atom stereocenters. The molecular weight excluding hydrogens is 168 g/mol. The molecule has 0 saturated carbocycles. The van der Waals surface area contributed by atoms with Crippen LogP contribution in [-0.2, 0) is 9.47 Å². The van der Waals surface area contributed by atoms with Crippen LogP contribution in [0.5, 0.6) is 0 Å². The summed E-state index contributed by atoms with van der Waals surface area (Å²) in [5, 5.41) is 15.7. The molecule has 0 atom stereocenters. The third-order valence-corrected chi connectivity index (χ3v) is 0.534. The number of hydrogen-bond donors (Lipinski definition) is 2. The Morgan fingerprint density at radius 3 is 1.42 bits per heavy atom. The predicted octanol–water partition coefficient (Wildman–Crippen LogP) is 1.18. The zero-order valence-electron chi connectivity index (χ0n) is 6.36. The Hall–Kier alpha value is -1.72. The quantitative estimate of drug-likeness (QED) is 0.383. The zero-order chi connectivity index (χ0) is 9.98. The fourth-order valence-corrected chi connectivity index (χ4v) is 0.258. The second-order valence-electron chi connectivity index (χ2n) is 1.23. The summed E-state index contributed by atoms with van der Waals surface area (Å²) in [6.07, 6.45) is -2.90. The summed E-state index contributed by atoms with van der Waals surface area (Å²) in [5.74, 6) is 0. The van der Waals surface area contributed by atoms with Crippen LogP contribution in [0.3, 0.4) is 0 Å². The molecule has 6 nitrogen and oxygen atoms in total. The van der Waals surface area contributed by atoms with Crippen molar-refractivity contribution in [3.05, 3.63) is 13.2 Å². The van der Waals surface area contributed by atoms with Gasteiger partial charge >= 0.3 is 12.3 Å². The SMILES string of the molecule is C=C.O=C(O)OCCOC(=O)O. The standard InChI is InChI=1S/C4H6O6.C2H4/c5-3(6)9-1-2-10-4(7)8;1-2/h1-2H2,(H,5,6)(H,7,8);1-2H2. The van der Waals surface area contributed by atoms with Gasteiger partial charge in [0.25, 0.3) is 0 Å². The van der Waals surface area contributed by atoms with Crippen LogP contribution in [0.25, 0.3) is 0 Å². The van der Waals surface area contributed by atoms with Crippen molar-refractivity contribution >= 4 is 12.3 Å². The van der Waals surface area contributed by atoms with Gasteiger partial charge in [-0.25, -0.2) is 9.59 Å². The molecule has 0 aliphatic rings. The van der Waals surface area contributed by atoms with E-state index in [4.69, 9.17) is 10.2 Å². The molecule has 0 aliphatic carbocycles. The molecule has 0 amide bonds. The van der Waals surface area contributed by atoms with E-state index in [2.05, 4.69) is 22.6 Å². The van der Waals surface area contributed by atoms with Crippen molar-refractivity contribution in [3.8, 4) is 0 Å². The third kappa shape index (κ3) is 15.7. The second-order valence-corrected chi connectivity index (χ2v) is 1.23. The van der Waals surface area contributed by atoms with Crippen LogP contribution < -0.4 is 0 Å². The van der Waals surface area contributed by atoms with E-state index in [9.17, 15) is 9.59 Å². The molecule has 0 radical (unpaired) electrons. The average molecular weight is 178 g/mol. The molecule has 0 heterocycles. The first kappa shape index (κ1) is 12.9. The van der Waals surface area contributed by atoms with E-state index in [1.54, 1.807) is 0 Å². The van der Waals surface area contributed by atoms with Gasteiger partial charge in [0.05, 0.1) is 0 Å². The van der Waals surface area contributed by atoms with Gasteiger partial charge < -0.3 is 19.7 Å². The maximum Gasteiger partial charge on any atom is 0.505 e. The minimum absolute atomic E-state index is 0.276. The highest BCUT2D eigenvalue weighted by atomic mass is 16.7. The molecule has 2 N–H and O–H groups in total. The minimum atomic E-state index is -1.45. The number of rotatable bonds is 3. The second kappa shape index (κ2) is 9.28. The van der Waals surface area contributed by atoms with Crippen LogP contribution in [0.4, 0.5) is 9.59 Å². The lowest BCUT2D eigenvalue weighted by molar-refractivity contribution is 0.0472. The lowest BCUT2D eigenvalue weighted by Crippen LogP contribution is -2.10. The summed E-state index contributed by atoms with van der Waals surface area (Å²) >= 11 is 0. The van der Waals surface area contributed by atoms with Gasteiger partial charge in [0, 0.05) is 0 Å². The first-order chi connectivity index (χ1) is 5.63. The Balaban J connectivity index is 0. The molecule has 0 bridgehead atoms. The van der Waals surface area contributed by atoms with Gasteiger partial charge in [0.1, 0.15) is 13.2 Å². The number of hydrogen-bond acceptors (Lipinski definition) is 4. The molecule has 70 valence electrons. The third-order valence-electron chi connectivity index (χ3n) is 0.534. The molecule has 0 saturated heterocycles. The van der Waals surface area contributed by atoms with Crippen molar-refractivity contribution in [2.45, 2.75) is 0 Å². The highest BCUT2D eigenvalue weighted by molar-refractivity contribution is 5.57. The van der Waals surface area contributed by atoms with Crippen LogP contribution in [0, 0.1) is 0 Å². The fraction of sp³-hybridized carbons (Fsp3) is 0.333. The molecule has 0 fully saturated rings. The van der Waals surface area contributed by atoms with Crippen molar-refractivity contribution in [1.29, 1.82) is 0 Å². The molecule has 0 aromatic heterocycles. The van der Waals surface area contributed by atoms with Gasteiger partial charge in [-0.2, -0.15) is 0 Å². The summed E-state index contributed by atoms with van der Waals surface area (Å²) in [7, 11) is 0. The van der Waals surface area contributed by atoms with Crippen LogP contribution in [0.2, 0.25) is 0 Å². The Kier molecular flexibility index (Phi) is 9.99. The van der Waals surface area contributed by atoms with Gasteiger partial charge in [0.15, 0.2) is 0 Å². The molecule has 0 aromatic rings. The van der Waals surface area contributed by atoms with E-state index in [-0.39, 0.29) is 13.2 Å². The van der Waals surface area contributed by atoms with Crippen LogP contribution in [0.15, 0.2) is 13.2 Å². The number of ether oxygens (including phenoxy) is 2. The zero-order valence-corrected chi connectivity index (χ0v) is 6.36. The Labute approximate surface area is 69.0 Å². The maximum atomic E-state index is 9.62. The summed E-state index contributed by atoms with van der Waals surface area (Å²) in [6.45, 7) is 5.45. The first-order valence-corrected chi connectivity index (χ1v) is 2.84. The molecule has 0 spiro atoms. The topological polar surface area (TPSA) is 93.1 Å². The highest BCUT2D eigenvalue weighted by Gasteiger charge is 1.98.